The van der Waals surface area contributed by atoms with Gasteiger partial charge in [0.05, 0.1) is 6.33 Å². The Morgan fingerprint density at radius 3 is 2.71 bits per heavy atom. The van der Waals surface area contributed by atoms with Gasteiger partial charge in [-0.05, 0) is 12.8 Å². The van der Waals surface area contributed by atoms with Gasteiger partial charge in [0.15, 0.2) is 11.2 Å². The number of fused-ring (bicyclic) bond motifs is 1. The molecule has 2 aromatic heterocycles. The van der Waals surface area contributed by atoms with Crippen molar-refractivity contribution in [2.45, 2.75) is 58.9 Å². The molecule has 0 saturated heterocycles. The first-order chi connectivity index (χ1) is 10.3. The highest BCUT2D eigenvalue weighted by atomic mass is 16.1. The monoisotopic (exact) mass is 291 g/mol. The lowest BCUT2D eigenvalue weighted by atomic mass is 10.2. The van der Waals surface area contributed by atoms with Crippen molar-refractivity contribution >= 4 is 17.1 Å². The smallest absolute Gasteiger partial charge is 0.280 e. The van der Waals surface area contributed by atoms with Crippen molar-refractivity contribution in [1.82, 2.24) is 19.5 Å². The molecule has 0 unspecified atom stereocenters. The minimum Gasteiger partial charge on any atom is -0.356 e. The summed E-state index contributed by atoms with van der Waals surface area (Å²) in [5.74, 6) is 0.542. The zero-order chi connectivity index (χ0) is 15.1. The van der Waals surface area contributed by atoms with Crippen molar-refractivity contribution in [2.24, 2.45) is 0 Å². The van der Waals surface area contributed by atoms with Gasteiger partial charge in [-0.2, -0.15) is 4.98 Å². The fourth-order valence-electron chi connectivity index (χ4n) is 2.32. The molecule has 2 N–H and O–H groups in total. The lowest BCUT2D eigenvalue weighted by molar-refractivity contribution is 0.610. The number of unbranched alkanes of at least 4 members (excludes halogenated alkanes) is 4. The van der Waals surface area contributed by atoms with Gasteiger partial charge in [0.1, 0.15) is 0 Å². The molecule has 0 aromatic carbocycles. The maximum absolute atomic E-state index is 12.0. The van der Waals surface area contributed by atoms with Gasteiger partial charge >= 0.3 is 0 Å². The Hall–Kier alpha value is -1.85. The summed E-state index contributed by atoms with van der Waals surface area (Å²) < 4.78 is 1.97. The second-order valence-electron chi connectivity index (χ2n) is 5.37. The maximum Gasteiger partial charge on any atom is 0.280 e. The molecule has 0 spiro atoms. The van der Waals surface area contributed by atoms with Crippen LogP contribution in [0.25, 0.3) is 11.2 Å². The number of hydrogen-bond acceptors (Lipinski definition) is 4. The van der Waals surface area contributed by atoms with E-state index in [1.54, 1.807) is 6.33 Å². The first kappa shape index (κ1) is 15.5. The molecule has 0 bridgehead atoms. The average Bonchev–Trinajstić information content (AvgIpc) is 2.88. The Kier molecular flexibility index (Phi) is 5.78. The minimum atomic E-state index is -0.174. The Labute approximate surface area is 125 Å². The van der Waals surface area contributed by atoms with Crippen molar-refractivity contribution in [3.63, 3.8) is 0 Å². The van der Waals surface area contributed by atoms with Crippen molar-refractivity contribution in [2.75, 3.05) is 11.9 Å². The lowest BCUT2D eigenvalue weighted by Gasteiger charge is -2.06. The van der Waals surface area contributed by atoms with Crippen LogP contribution >= 0.6 is 0 Å². The van der Waals surface area contributed by atoms with E-state index in [4.69, 9.17) is 0 Å². The quantitative estimate of drug-likeness (QED) is 0.697. The number of nitrogens with zero attached hydrogens (tertiary/aromatic N) is 3. The van der Waals surface area contributed by atoms with Gasteiger partial charge in [-0.1, -0.05) is 39.5 Å². The molecule has 116 valence electrons. The molecular weight excluding hydrogens is 266 g/mol. The third kappa shape index (κ3) is 4.06. The Bertz CT molecular complexity index is 616. The number of H-pyrrole nitrogens is 1. The first-order valence-corrected chi connectivity index (χ1v) is 7.95. The Balaban J connectivity index is 2.13. The Morgan fingerprint density at radius 1 is 1.19 bits per heavy atom. The van der Waals surface area contributed by atoms with Crippen molar-refractivity contribution < 1.29 is 0 Å². The summed E-state index contributed by atoms with van der Waals surface area (Å²) in [4.78, 5) is 23.5. The normalized spacial score (nSPS) is 11.1. The molecule has 6 nitrogen and oxygen atoms in total. The molecule has 0 amide bonds. The van der Waals surface area contributed by atoms with Gasteiger partial charge in [0.2, 0.25) is 5.95 Å². The van der Waals surface area contributed by atoms with E-state index in [1.807, 2.05) is 4.57 Å². The minimum absolute atomic E-state index is 0.174. The predicted molar refractivity (Wildman–Crippen MR) is 85.7 cm³/mol. The molecule has 0 aliphatic rings. The second-order valence-corrected chi connectivity index (χ2v) is 5.37. The number of aromatic nitrogens is 4. The van der Waals surface area contributed by atoms with Gasteiger partial charge in [-0.3, -0.25) is 9.78 Å². The largest absolute Gasteiger partial charge is 0.356 e. The van der Waals surface area contributed by atoms with Crippen LogP contribution in [0.5, 0.6) is 0 Å². The van der Waals surface area contributed by atoms with Crippen LogP contribution in [0.2, 0.25) is 0 Å². The van der Waals surface area contributed by atoms with E-state index in [2.05, 4.69) is 34.1 Å². The highest BCUT2D eigenvalue weighted by molar-refractivity contribution is 5.70. The lowest BCUT2D eigenvalue weighted by Crippen LogP contribution is -2.15. The number of imidazole rings is 1. The summed E-state index contributed by atoms with van der Waals surface area (Å²) in [6.07, 6.45) is 8.56. The highest BCUT2D eigenvalue weighted by Crippen LogP contribution is 2.10. The van der Waals surface area contributed by atoms with E-state index in [0.29, 0.717) is 17.1 Å². The van der Waals surface area contributed by atoms with E-state index in [0.717, 1.165) is 25.9 Å². The van der Waals surface area contributed by atoms with E-state index in [-0.39, 0.29) is 5.56 Å². The van der Waals surface area contributed by atoms with Gasteiger partial charge < -0.3 is 9.88 Å². The zero-order valence-corrected chi connectivity index (χ0v) is 13.0. The first-order valence-electron chi connectivity index (χ1n) is 7.95. The molecule has 0 aliphatic carbocycles. The molecule has 0 fully saturated rings. The van der Waals surface area contributed by atoms with Crippen LogP contribution in [0.3, 0.4) is 0 Å². The SMILES string of the molecule is CCCCCNc1nc2c(ncn2CCCCC)c(=O)[nH]1. The van der Waals surface area contributed by atoms with E-state index in [1.165, 1.54) is 25.7 Å². The highest BCUT2D eigenvalue weighted by Gasteiger charge is 2.09. The van der Waals surface area contributed by atoms with Gasteiger partial charge in [-0.25, -0.2) is 4.98 Å². The molecule has 0 atom stereocenters. The maximum atomic E-state index is 12.0. The summed E-state index contributed by atoms with van der Waals surface area (Å²) in [5, 5.41) is 3.19. The number of rotatable bonds is 9. The van der Waals surface area contributed by atoms with E-state index < -0.39 is 0 Å². The van der Waals surface area contributed by atoms with Crippen molar-refractivity contribution in [3.05, 3.63) is 16.7 Å². The molecule has 0 saturated carbocycles. The summed E-state index contributed by atoms with van der Waals surface area (Å²) in [6.45, 7) is 6.02. The molecule has 0 radical (unpaired) electrons. The third-order valence-electron chi connectivity index (χ3n) is 3.55. The second kappa shape index (κ2) is 7.81. The van der Waals surface area contributed by atoms with Crippen LogP contribution < -0.4 is 10.9 Å². The number of nitrogens with one attached hydrogen (secondary N) is 2. The number of anilines is 1. The number of aromatic amines is 1. The van der Waals surface area contributed by atoms with E-state index in [9.17, 15) is 4.79 Å². The summed E-state index contributed by atoms with van der Waals surface area (Å²) in [5.41, 5.74) is 0.922. The van der Waals surface area contributed by atoms with Crippen LogP contribution in [-0.4, -0.2) is 26.1 Å². The number of aryl methyl sites for hydroxylation is 1. The van der Waals surface area contributed by atoms with Crippen LogP contribution in [0.15, 0.2) is 11.1 Å². The van der Waals surface area contributed by atoms with Gasteiger partial charge in [0.25, 0.3) is 5.56 Å². The summed E-state index contributed by atoms with van der Waals surface area (Å²) >= 11 is 0. The molecule has 2 rings (SSSR count). The zero-order valence-electron chi connectivity index (χ0n) is 13.0. The van der Waals surface area contributed by atoms with Crippen LogP contribution in [0, 0.1) is 0 Å². The fourth-order valence-corrected chi connectivity index (χ4v) is 2.32. The van der Waals surface area contributed by atoms with E-state index >= 15 is 0 Å². The molecule has 21 heavy (non-hydrogen) atoms. The molecule has 2 aromatic rings. The molecular formula is C15H25N5O. The standard InChI is InChI=1S/C15H25N5O/c1-3-5-7-9-16-15-18-13-12(14(21)19-15)17-11-20(13)10-8-6-4-2/h11H,3-10H2,1-2H3,(H2,16,18,19,21). The molecule has 2 heterocycles. The van der Waals surface area contributed by atoms with Crippen LogP contribution in [-0.2, 0) is 6.54 Å². The molecule has 0 aliphatic heterocycles. The molecule has 6 heteroatoms. The summed E-state index contributed by atoms with van der Waals surface area (Å²) in [6, 6.07) is 0. The average molecular weight is 291 g/mol. The van der Waals surface area contributed by atoms with Crippen LogP contribution in [0.4, 0.5) is 5.95 Å². The third-order valence-corrected chi connectivity index (χ3v) is 3.55. The summed E-state index contributed by atoms with van der Waals surface area (Å²) in [7, 11) is 0. The number of hydrogen-bond donors (Lipinski definition) is 2. The van der Waals surface area contributed by atoms with Crippen LogP contribution in [0.1, 0.15) is 52.4 Å². The fraction of sp³-hybridized carbons (Fsp3) is 0.667. The van der Waals surface area contributed by atoms with Crippen molar-refractivity contribution in [3.8, 4) is 0 Å². The van der Waals surface area contributed by atoms with Crippen molar-refractivity contribution in [1.29, 1.82) is 0 Å². The van der Waals surface area contributed by atoms with Gasteiger partial charge in [0, 0.05) is 13.1 Å². The Morgan fingerprint density at radius 2 is 1.95 bits per heavy atom. The predicted octanol–water partition coefficient (Wildman–Crippen LogP) is 2.91. The van der Waals surface area contributed by atoms with Gasteiger partial charge in [-0.15, -0.1) is 0 Å². The topological polar surface area (TPSA) is 75.6 Å².